The van der Waals surface area contributed by atoms with Gasteiger partial charge in [-0.2, -0.15) is 0 Å². The van der Waals surface area contributed by atoms with E-state index in [9.17, 15) is 30.3 Å². The van der Waals surface area contributed by atoms with Crippen molar-refractivity contribution in [2.24, 2.45) is 0 Å². The average molecular weight is 326 g/mol. The maximum atomic E-state index is 12.2. The lowest BCUT2D eigenvalue weighted by molar-refractivity contribution is -0.134. The summed E-state index contributed by atoms with van der Waals surface area (Å²) in [4.78, 5) is 16.2. The van der Waals surface area contributed by atoms with Crippen LogP contribution >= 0.6 is 0 Å². The number of hydrogen-bond donors (Lipinski definition) is 6. The Morgan fingerprint density at radius 3 is 2.35 bits per heavy atom. The fraction of sp³-hybridized carbons (Fsp3) is 0.429. The quantitative estimate of drug-likeness (QED) is 0.339. The molecule has 9 nitrogen and oxygen atoms in total. The van der Waals surface area contributed by atoms with Gasteiger partial charge in [-0.15, -0.1) is 0 Å². The van der Waals surface area contributed by atoms with Crippen LogP contribution in [-0.2, 0) is 0 Å². The Hall–Kier alpha value is -1.88. The van der Waals surface area contributed by atoms with Gasteiger partial charge in [-0.1, -0.05) is 12.1 Å². The van der Waals surface area contributed by atoms with Crippen molar-refractivity contribution in [2.75, 3.05) is 6.61 Å². The Kier molecular flexibility index (Phi) is 5.42. The van der Waals surface area contributed by atoms with Crippen molar-refractivity contribution >= 4 is 16.9 Å². The number of imidazole rings is 1. The second-order valence-corrected chi connectivity index (χ2v) is 5.11. The summed E-state index contributed by atoms with van der Waals surface area (Å²) in [5.74, 6) is -0.962. The Morgan fingerprint density at radius 1 is 1.04 bits per heavy atom. The average Bonchev–Trinajstić information content (AvgIpc) is 3.01. The molecule has 2 aromatic rings. The molecule has 5 unspecified atom stereocenters. The number of benzene rings is 1. The number of fused-ring (bicyclic) bond motifs is 1. The Balaban J connectivity index is 2.18. The van der Waals surface area contributed by atoms with E-state index in [2.05, 4.69) is 4.98 Å². The van der Waals surface area contributed by atoms with Gasteiger partial charge >= 0.3 is 0 Å². The molecule has 0 amide bonds. The van der Waals surface area contributed by atoms with E-state index in [1.54, 1.807) is 24.3 Å². The summed E-state index contributed by atoms with van der Waals surface area (Å²) in [6.45, 7) is -0.860. The van der Waals surface area contributed by atoms with Gasteiger partial charge < -0.3 is 30.6 Å². The Labute approximate surface area is 130 Å². The monoisotopic (exact) mass is 326 g/mol. The van der Waals surface area contributed by atoms with E-state index < -0.39 is 43.0 Å². The van der Waals surface area contributed by atoms with Gasteiger partial charge in [-0.05, 0) is 12.1 Å². The second-order valence-electron chi connectivity index (χ2n) is 5.11. The number of carbonyl (C=O) groups is 1. The summed E-state index contributed by atoms with van der Waals surface area (Å²) in [7, 11) is 0. The second kappa shape index (κ2) is 7.13. The van der Waals surface area contributed by atoms with Gasteiger partial charge in [-0.25, -0.2) is 4.98 Å². The minimum atomic E-state index is -2.07. The van der Waals surface area contributed by atoms with Crippen LogP contribution in [0.25, 0.3) is 11.0 Å². The maximum Gasteiger partial charge on any atom is 0.263 e. The molecule has 9 heteroatoms. The predicted molar refractivity (Wildman–Crippen MR) is 77.5 cm³/mol. The van der Waals surface area contributed by atoms with E-state index in [4.69, 9.17) is 5.11 Å². The standard InChI is InChI=1S/C14H18N2O7/c17-5-9(18)10(19)11(20)12(21)13(22)14(23)16-6-15-7-3-1-2-4-8(7)16/h1-4,6,9-13,17-22H,5H2. The number of aliphatic hydroxyl groups excluding tert-OH is 6. The third kappa shape index (κ3) is 3.39. The van der Waals surface area contributed by atoms with Crippen molar-refractivity contribution in [2.45, 2.75) is 30.5 Å². The van der Waals surface area contributed by atoms with Crippen LogP contribution in [0.2, 0.25) is 0 Å². The molecule has 1 aromatic carbocycles. The summed E-state index contributed by atoms with van der Waals surface area (Å²) in [5, 5.41) is 56.9. The molecule has 0 aliphatic heterocycles. The van der Waals surface area contributed by atoms with Crippen LogP contribution in [0.3, 0.4) is 0 Å². The lowest BCUT2D eigenvalue weighted by atomic mass is 9.99. The van der Waals surface area contributed by atoms with E-state index in [0.29, 0.717) is 11.0 Å². The van der Waals surface area contributed by atoms with E-state index in [1.807, 2.05) is 0 Å². The zero-order chi connectivity index (χ0) is 17.1. The van der Waals surface area contributed by atoms with Crippen molar-refractivity contribution in [3.8, 4) is 0 Å². The van der Waals surface area contributed by atoms with Crippen molar-refractivity contribution < 1.29 is 35.4 Å². The first kappa shape index (κ1) is 17.5. The SMILES string of the molecule is O=C(C(O)C(O)C(O)C(O)C(O)CO)n1cnc2ccccc21. The number of carbonyl (C=O) groups excluding carboxylic acids is 1. The molecule has 0 fully saturated rings. The fourth-order valence-electron chi connectivity index (χ4n) is 2.15. The third-order valence-electron chi connectivity index (χ3n) is 3.55. The van der Waals surface area contributed by atoms with E-state index in [-0.39, 0.29) is 0 Å². The summed E-state index contributed by atoms with van der Waals surface area (Å²) in [6, 6.07) is 6.61. The topological polar surface area (TPSA) is 156 Å². The van der Waals surface area contributed by atoms with Gasteiger partial charge in [0, 0.05) is 0 Å². The molecule has 0 aliphatic carbocycles. The maximum absolute atomic E-state index is 12.2. The molecule has 0 saturated carbocycles. The molecule has 0 bridgehead atoms. The zero-order valence-corrected chi connectivity index (χ0v) is 12.0. The highest BCUT2D eigenvalue weighted by Crippen LogP contribution is 2.15. The molecule has 0 saturated heterocycles. The van der Waals surface area contributed by atoms with Gasteiger partial charge in [0.2, 0.25) is 0 Å². The summed E-state index contributed by atoms with van der Waals surface area (Å²) in [5.41, 5.74) is 0.896. The van der Waals surface area contributed by atoms with Crippen LogP contribution in [0.4, 0.5) is 0 Å². The number of nitrogens with zero attached hydrogens (tertiary/aromatic N) is 2. The summed E-state index contributed by atoms with van der Waals surface area (Å²) >= 11 is 0. The van der Waals surface area contributed by atoms with Gasteiger partial charge in [0.15, 0.2) is 6.10 Å². The molecular weight excluding hydrogens is 308 g/mol. The van der Waals surface area contributed by atoms with Crippen LogP contribution in [0.5, 0.6) is 0 Å². The largest absolute Gasteiger partial charge is 0.394 e. The molecule has 0 spiro atoms. The smallest absolute Gasteiger partial charge is 0.263 e. The van der Waals surface area contributed by atoms with E-state index in [1.165, 1.54) is 0 Å². The Morgan fingerprint density at radius 2 is 1.70 bits per heavy atom. The van der Waals surface area contributed by atoms with Crippen LogP contribution in [0, 0.1) is 0 Å². The van der Waals surface area contributed by atoms with E-state index >= 15 is 0 Å². The fourth-order valence-corrected chi connectivity index (χ4v) is 2.15. The lowest BCUT2D eigenvalue weighted by Crippen LogP contribution is -2.52. The molecule has 126 valence electrons. The van der Waals surface area contributed by atoms with Crippen molar-refractivity contribution in [3.05, 3.63) is 30.6 Å². The van der Waals surface area contributed by atoms with Crippen molar-refractivity contribution in [3.63, 3.8) is 0 Å². The van der Waals surface area contributed by atoms with Gasteiger partial charge in [0.05, 0.1) is 17.6 Å². The molecule has 23 heavy (non-hydrogen) atoms. The number of rotatable bonds is 6. The minimum absolute atomic E-state index is 0.397. The van der Waals surface area contributed by atoms with E-state index in [0.717, 1.165) is 10.9 Å². The van der Waals surface area contributed by atoms with Gasteiger partial charge in [0.25, 0.3) is 5.91 Å². The van der Waals surface area contributed by atoms with Crippen molar-refractivity contribution in [1.82, 2.24) is 9.55 Å². The number of para-hydroxylation sites is 2. The molecule has 0 radical (unpaired) electrons. The molecule has 0 aliphatic rings. The zero-order valence-electron chi connectivity index (χ0n) is 12.0. The van der Waals surface area contributed by atoms with Crippen LogP contribution in [0.1, 0.15) is 4.79 Å². The minimum Gasteiger partial charge on any atom is -0.394 e. The summed E-state index contributed by atoms with van der Waals surface area (Å²) < 4.78 is 1.00. The van der Waals surface area contributed by atoms with Crippen LogP contribution < -0.4 is 0 Å². The summed E-state index contributed by atoms with van der Waals surface area (Å²) in [6.07, 6.45) is -8.67. The first-order valence-electron chi connectivity index (χ1n) is 6.86. The van der Waals surface area contributed by atoms with Gasteiger partial charge in [0.1, 0.15) is 30.7 Å². The van der Waals surface area contributed by atoms with Crippen LogP contribution in [0.15, 0.2) is 30.6 Å². The molecule has 2 rings (SSSR count). The number of aliphatic hydroxyl groups is 6. The van der Waals surface area contributed by atoms with Crippen molar-refractivity contribution in [1.29, 1.82) is 0 Å². The number of aromatic nitrogens is 2. The lowest BCUT2D eigenvalue weighted by Gasteiger charge is -2.27. The highest BCUT2D eigenvalue weighted by molar-refractivity contribution is 5.92. The molecule has 1 heterocycles. The molecule has 1 aromatic heterocycles. The molecule has 6 N–H and O–H groups in total. The molecular formula is C14H18N2O7. The Bertz CT molecular complexity index is 674. The number of hydrogen-bond acceptors (Lipinski definition) is 8. The predicted octanol–water partition coefficient (Wildman–Crippen LogP) is -2.53. The highest BCUT2D eigenvalue weighted by atomic mass is 16.4. The third-order valence-corrected chi connectivity index (χ3v) is 3.55. The highest BCUT2D eigenvalue weighted by Gasteiger charge is 2.37. The first-order valence-corrected chi connectivity index (χ1v) is 6.86. The van der Waals surface area contributed by atoms with Crippen LogP contribution in [-0.4, -0.2) is 83.2 Å². The van der Waals surface area contributed by atoms with Gasteiger partial charge in [-0.3, -0.25) is 9.36 Å². The normalized spacial score (nSPS) is 18.3. The first-order chi connectivity index (χ1) is 10.9. The molecule has 5 atom stereocenters.